The van der Waals surface area contributed by atoms with Crippen molar-refractivity contribution in [2.75, 3.05) is 6.54 Å². The van der Waals surface area contributed by atoms with Crippen LogP contribution >= 0.6 is 11.6 Å². The number of benzene rings is 1. The number of piperidine rings is 1. The van der Waals surface area contributed by atoms with E-state index in [1.807, 2.05) is 6.92 Å². The predicted molar refractivity (Wildman–Crippen MR) is 126 cm³/mol. The van der Waals surface area contributed by atoms with Gasteiger partial charge in [0.05, 0.1) is 15.8 Å². The number of carbonyl (C=O) groups is 2. The Morgan fingerprint density at radius 2 is 1.82 bits per heavy atom. The number of sulfone groups is 1. The molecule has 1 saturated heterocycles. The highest BCUT2D eigenvalue weighted by Crippen LogP contribution is 2.35. The molecule has 3 unspecified atom stereocenters. The van der Waals surface area contributed by atoms with Gasteiger partial charge in [-0.05, 0) is 43.4 Å². The van der Waals surface area contributed by atoms with Crippen LogP contribution in [0, 0.1) is 5.92 Å². The van der Waals surface area contributed by atoms with E-state index in [0.717, 1.165) is 23.8 Å². The quantitative estimate of drug-likeness (QED) is 0.520. The number of nitrogens with zero attached hydrogens (tertiary/aromatic N) is 2. The van der Waals surface area contributed by atoms with E-state index in [-0.39, 0.29) is 30.0 Å². The van der Waals surface area contributed by atoms with Gasteiger partial charge in [-0.3, -0.25) is 9.69 Å². The van der Waals surface area contributed by atoms with Crippen LogP contribution in [0.2, 0.25) is 0 Å². The van der Waals surface area contributed by atoms with Crippen molar-refractivity contribution in [3.63, 3.8) is 0 Å². The van der Waals surface area contributed by atoms with Crippen LogP contribution in [0.15, 0.2) is 52.2 Å². The van der Waals surface area contributed by atoms with Crippen molar-refractivity contribution in [1.29, 1.82) is 0 Å². The van der Waals surface area contributed by atoms with Crippen LogP contribution in [-0.4, -0.2) is 57.5 Å². The van der Waals surface area contributed by atoms with Gasteiger partial charge in [-0.15, -0.1) is 11.6 Å². The van der Waals surface area contributed by atoms with Crippen molar-refractivity contribution in [2.24, 2.45) is 5.92 Å². The molecule has 2 aromatic rings. The third kappa shape index (κ3) is 5.28. The van der Waals surface area contributed by atoms with Crippen molar-refractivity contribution in [3.8, 4) is 0 Å². The van der Waals surface area contributed by atoms with Gasteiger partial charge in [0.2, 0.25) is 9.84 Å². The SMILES string of the molecule is CCCCc1cc(C(=O)O)cc(=O)n1CC1CCN(C(=O)O)C(S(=O)(=O)c2ccccc2)C1Cl. The minimum atomic E-state index is -4.13. The maximum Gasteiger partial charge on any atom is 0.408 e. The largest absolute Gasteiger partial charge is 0.478 e. The standard InChI is InChI=1S/C23H27ClN2O7S/c1-2-3-7-17-12-16(22(28)29)13-19(27)26(17)14-15-10-11-25(23(30)31)21(20(15)24)34(32,33)18-8-5-4-6-9-18/h4-6,8-9,12-13,15,20-21H,2-3,7,10-11,14H2,1H3,(H,28,29)(H,30,31). The van der Waals surface area contributed by atoms with Crippen LogP contribution < -0.4 is 5.56 Å². The smallest absolute Gasteiger partial charge is 0.408 e. The van der Waals surface area contributed by atoms with Crippen LogP contribution in [0.25, 0.3) is 0 Å². The molecule has 0 aliphatic carbocycles. The molecule has 1 fully saturated rings. The number of amides is 1. The number of pyridine rings is 1. The van der Waals surface area contributed by atoms with Gasteiger partial charge in [-0.25, -0.2) is 18.0 Å². The van der Waals surface area contributed by atoms with E-state index in [1.54, 1.807) is 18.2 Å². The fourth-order valence-electron chi connectivity index (χ4n) is 4.26. The minimum Gasteiger partial charge on any atom is -0.478 e. The Morgan fingerprint density at radius 1 is 1.15 bits per heavy atom. The summed E-state index contributed by atoms with van der Waals surface area (Å²) in [7, 11) is -4.13. The number of hydrogen-bond donors (Lipinski definition) is 2. The first-order valence-corrected chi connectivity index (χ1v) is 13.0. The van der Waals surface area contributed by atoms with E-state index >= 15 is 0 Å². The normalized spacial score (nSPS) is 20.8. The maximum atomic E-state index is 13.4. The highest BCUT2D eigenvalue weighted by Gasteiger charge is 2.47. The molecule has 34 heavy (non-hydrogen) atoms. The molecule has 0 bridgehead atoms. The number of unbranched alkanes of at least 4 members (excludes halogenated alkanes) is 1. The second-order valence-corrected chi connectivity index (χ2v) is 10.9. The van der Waals surface area contributed by atoms with Gasteiger partial charge >= 0.3 is 12.1 Å². The first kappa shape index (κ1) is 25.8. The Morgan fingerprint density at radius 3 is 2.41 bits per heavy atom. The number of carboxylic acids is 1. The molecular formula is C23H27ClN2O7S. The fraction of sp³-hybridized carbons (Fsp3) is 0.435. The molecule has 1 aromatic heterocycles. The van der Waals surface area contributed by atoms with Crippen LogP contribution in [0.3, 0.4) is 0 Å². The molecule has 0 radical (unpaired) electrons. The number of aromatic nitrogens is 1. The third-order valence-corrected chi connectivity index (χ3v) is 8.93. The van der Waals surface area contributed by atoms with Crippen LogP contribution in [0.4, 0.5) is 4.79 Å². The Bertz CT molecular complexity index is 1210. The molecule has 1 aromatic carbocycles. The number of hydrogen-bond acceptors (Lipinski definition) is 5. The van der Waals surface area contributed by atoms with Crippen molar-refractivity contribution >= 4 is 33.5 Å². The van der Waals surface area contributed by atoms with Crippen molar-refractivity contribution < 1.29 is 28.2 Å². The second kappa shape index (κ2) is 10.6. The first-order chi connectivity index (χ1) is 16.1. The lowest BCUT2D eigenvalue weighted by Gasteiger charge is -2.41. The average molecular weight is 511 g/mol. The summed E-state index contributed by atoms with van der Waals surface area (Å²) in [5.74, 6) is -1.74. The van der Waals surface area contributed by atoms with Gasteiger partial charge < -0.3 is 14.8 Å². The summed E-state index contributed by atoms with van der Waals surface area (Å²) in [6, 6.07) is 10.0. The van der Waals surface area contributed by atoms with Crippen molar-refractivity contribution in [1.82, 2.24) is 9.47 Å². The molecule has 3 atom stereocenters. The summed E-state index contributed by atoms with van der Waals surface area (Å²) < 4.78 is 28.2. The molecule has 184 valence electrons. The second-order valence-electron chi connectivity index (χ2n) is 8.31. The Hall–Kier alpha value is -2.85. The molecule has 0 saturated carbocycles. The molecule has 2 N–H and O–H groups in total. The molecule has 11 heteroatoms. The lowest BCUT2D eigenvalue weighted by molar-refractivity contribution is 0.0696. The van der Waals surface area contributed by atoms with Crippen molar-refractivity contribution in [3.05, 3.63) is 64.1 Å². The van der Waals surface area contributed by atoms with E-state index in [2.05, 4.69) is 0 Å². The molecule has 2 heterocycles. The monoisotopic (exact) mass is 510 g/mol. The number of aromatic carboxylic acids is 1. The highest BCUT2D eigenvalue weighted by atomic mass is 35.5. The summed E-state index contributed by atoms with van der Waals surface area (Å²) in [4.78, 5) is 36.9. The topological polar surface area (TPSA) is 134 Å². The van der Waals surface area contributed by atoms with Gasteiger partial charge in [0, 0.05) is 24.8 Å². The summed E-state index contributed by atoms with van der Waals surface area (Å²) in [5, 5.41) is 16.4. The predicted octanol–water partition coefficient (Wildman–Crippen LogP) is 3.30. The highest BCUT2D eigenvalue weighted by molar-refractivity contribution is 7.92. The third-order valence-electron chi connectivity index (χ3n) is 6.07. The van der Waals surface area contributed by atoms with E-state index in [1.165, 1.54) is 22.8 Å². The van der Waals surface area contributed by atoms with E-state index in [4.69, 9.17) is 11.6 Å². The van der Waals surface area contributed by atoms with Crippen LogP contribution in [0.5, 0.6) is 0 Å². The molecule has 3 rings (SSSR count). The lowest BCUT2D eigenvalue weighted by Crippen LogP contribution is -2.56. The zero-order chi connectivity index (χ0) is 25.0. The Kier molecular flexibility index (Phi) is 8.04. The van der Waals surface area contributed by atoms with Gasteiger partial charge in [0.25, 0.3) is 5.56 Å². The zero-order valence-corrected chi connectivity index (χ0v) is 20.2. The van der Waals surface area contributed by atoms with Gasteiger partial charge in [-0.2, -0.15) is 0 Å². The van der Waals surface area contributed by atoms with E-state index < -0.39 is 44.1 Å². The first-order valence-electron chi connectivity index (χ1n) is 11.0. The van der Waals surface area contributed by atoms with Gasteiger partial charge in [-0.1, -0.05) is 31.5 Å². The molecule has 9 nitrogen and oxygen atoms in total. The fourth-order valence-corrected chi connectivity index (χ4v) is 6.92. The zero-order valence-electron chi connectivity index (χ0n) is 18.6. The van der Waals surface area contributed by atoms with E-state index in [9.17, 15) is 33.0 Å². The Labute approximate surface area is 202 Å². The lowest BCUT2D eigenvalue weighted by atomic mass is 9.95. The van der Waals surface area contributed by atoms with Gasteiger partial charge in [0.15, 0.2) is 5.37 Å². The maximum absolute atomic E-state index is 13.4. The summed E-state index contributed by atoms with van der Waals surface area (Å²) in [5.41, 5.74) is -0.100. The summed E-state index contributed by atoms with van der Waals surface area (Å²) in [6.07, 6.45) is 0.897. The molecule has 1 amide bonds. The van der Waals surface area contributed by atoms with Crippen LogP contribution in [-0.2, 0) is 22.8 Å². The number of alkyl halides is 1. The number of carboxylic acid groups (broad SMARTS) is 2. The molecule has 1 aliphatic rings. The Balaban J connectivity index is 2.00. The summed E-state index contributed by atoms with van der Waals surface area (Å²) in [6.45, 7) is 1.96. The molecular weight excluding hydrogens is 484 g/mol. The number of aryl methyl sites for hydroxylation is 1. The number of halogens is 1. The van der Waals surface area contributed by atoms with Gasteiger partial charge in [0.1, 0.15) is 0 Å². The molecule has 0 spiro atoms. The minimum absolute atomic E-state index is 0.0378. The number of likely N-dealkylation sites (tertiary alicyclic amines) is 1. The molecule has 1 aliphatic heterocycles. The van der Waals surface area contributed by atoms with Crippen molar-refractivity contribution in [2.45, 2.75) is 54.8 Å². The average Bonchev–Trinajstić information content (AvgIpc) is 2.80. The van der Waals surface area contributed by atoms with Crippen LogP contribution in [0.1, 0.15) is 42.2 Å². The summed E-state index contributed by atoms with van der Waals surface area (Å²) >= 11 is 6.67. The van der Waals surface area contributed by atoms with E-state index in [0.29, 0.717) is 12.1 Å². The number of rotatable bonds is 8.